The van der Waals surface area contributed by atoms with Crippen LogP contribution in [0.25, 0.3) is 0 Å². The third-order valence-electron chi connectivity index (χ3n) is 3.28. The minimum Gasteiger partial charge on any atom is -0.461 e. The molecule has 1 aromatic carbocycles. The second-order valence-electron chi connectivity index (χ2n) is 5.68. The lowest BCUT2D eigenvalue weighted by Gasteiger charge is -2.34. The SMILES string of the molecule is CCOP(=O)(OCC)[C@@](C)(NC(=O)c1ccccc1)C(=O)OC(C)C. The van der Waals surface area contributed by atoms with Crippen molar-refractivity contribution < 1.29 is 27.9 Å². The molecule has 0 aliphatic carbocycles. The Hall–Kier alpha value is -1.69. The van der Waals surface area contributed by atoms with Crippen molar-refractivity contribution in [3.05, 3.63) is 35.9 Å². The van der Waals surface area contributed by atoms with E-state index >= 15 is 0 Å². The van der Waals surface area contributed by atoms with Crippen LogP contribution in [0.5, 0.6) is 0 Å². The minimum absolute atomic E-state index is 0.0447. The molecule has 25 heavy (non-hydrogen) atoms. The Bertz CT molecular complexity index is 623. The number of hydrogen-bond acceptors (Lipinski definition) is 6. The predicted octanol–water partition coefficient (Wildman–Crippen LogP) is 3.35. The number of carbonyl (C=O) groups excluding carboxylic acids is 2. The largest absolute Gasteiger partial charge is 0.461 e. The van der Waals surface area contributed by atoms with E-state index in [2.05, 4.69) is 5.32 Å². The van der Waals surface area contributed by atoms with Gasteiger partial charge in [0.1, 0.15) is 0 Å². The Kier molecular flexibility index (Phi) is 7.80. The van der Waals surface area contributed by atoms with Gasteiger partial charge < -0.3 is 19.1 Å². The molecule has 1 aromatic rings. The van der Waals surface area contributed by atoms with Crippen LogP contribution < -0.4 is 5.32 Å². The lowest BCUT2D eigenvalue weighted by Crippen LogP contribution is -2.54. The smallest absolute Gasteiger partial charge is 0.367 e. The zero-order valence-electron chi connectivity index (χ0n) is 15.3. The normalized spacial score (nSPS) is 14.0. The summed E-state index contributed by atoms with van der Waals surface area (Å²) in [6.07, 6.45) is -0.461. The first-order valence-corrected chi connectivity index (χ1v) is 9.72. The van der Waals surface area contributed by atoms with Crippen LogP contribution in [0.3, 0.4) is 0 Å². The highest BCUT2D eigenvalue weighted by Crippen LogP contribution is 2.59. The van der Waals surface area contributed by atoms with Gasteiger partial charge in [0.15, 0.2) is 0 Å². The summed E-state index contributed by atoms with van der Waals surface area (Å²) in [5, 5.41) is 0.522. The zero-order chi connectivity index (χ0) is 19.1. The van der Waals surface area contributed by atoms with Gasteiger partial charge in [-0.15, -0.1) is 0 Å². The molecule has 140 valence electrons. The first kappa shape index (κ1) is 21.4. The lowest BCUT2D eigenvalue weighted by molar-refractivity contribution is -0.151. The van der Waals surface area contributed by atoms with Gasteiger partial charge in [-0.3, -0.25) is 9.36 Å². The molecule has 1 rings (SSSR count). The highest BCUT2D eigenvalue weighted by Gasteiger charge is 2.56. The van der Waals surface area contributed by atoms with E-state index in [1.165, 1.54) is 6.92 Å². The van der Waals surface area contributed by atoms with E-state index in [9.17, 15) is 14.2 Å². The Morgan fingerprint density at radius 3 is 2.08 bits per heavy atom. The molecule has 1 atom stereocenters. The van der Waals surface area contributed by atoms with Crippen molar-refractivity contribution in [1.82, 2.24) is 5.32 Å². The number of hydrogen-bond donors (Lipinski definition) is 1. The number of nitrogens with one attached hydrogen (secondary N) is 1. The third-order valence-corrected chi connectivity index (χ3v) is 5.87. The first-order valence-electron chi connectivity index (χ1n) is 8.18. The van der Waals surface area contributed by atoms with Crippen molar-refractivity contribution in [3.63, 3.8) is 0 Å². The van der Waals surface area contributed by atoms with Crippen LogP contribution in [0.1, 0.15) is 45.0 Å². The Balaban J connectivity index is 3.29. The minimum atomic E-state index is -4.03. The van der Waals surface area contributed by atoms with Gasteiger partial charge in [0, 0.05) is 5.56 Å². The summed E-state index contributed by atoms with van der Waals surface area (Å²) in [5.74, 6) is -1.46. The fourth-order valence-electron chi connectivity index (χ4n) is 2.08. The van der Waals surface area contributed by atoms with Gasteiger partial charge in [0.05, 0.1) is 19.3 Å². The topological polar surface area (TPSA) is 90.9 Å². The Labute approximate surface area is 148 Å². The van der Waals surface area contributed by atoms with Gasteiger partial charge in [-0.1, -0.05) is 18.2 Å². The number of benzene rings is 1. The van der Waals surface area contributed by atoms with E-state index in [4.69, 9.17) is 13.8 Å². The molecule has 0 radical (unpaired) electrons. The van der Waals surface area contributed by atoms with Crippen LogP contribution in [0, 0.1) is 0 Å². The summed E-state index contributed by atoms with van der Waals surface area (Å²) < 4.78 is 29.1. The monoisotopic (exact) mass is 371 g/mol. The van der Waals surface area contributed by atoms with E-state index in [0.29, 0.717) is 5.56 Å². The van der Waals surface area contributed by atoms with Crippen molar-refractivity contribution in [1.29, 1.82) is 0 Å². The molecule has 0 aromatic heterocycles. The van der Waals surface area contributed by atoms with Crippen molar-refractivity contribution in [3.8, 4) is 0 Å². The summed E-state index contributed by atoms with van der Waals surface area (Å²) in [6, 6.07) is 8.28. The van der Waals surface area contributed by atoms with Gasteiger partial charge in [-0.05, 0) is 46.8 Å². The van der Waals surface area contributed by atoms with Crippen molar-refractivity contribution in [2.75, 3.05) is 13.2 Å². The number of esters is 1. The second-order valence-corrected chi connectivity index (χ2v) is 8.09. The molecule has 0 saturated carbocycles. The van der Waals surface area contributed by atoms with Crippen LogP contribution >= 0.6 is 7.60 Å². The molecular formula is C17H26NO6P. The van der Waals surface area contributed by atoms with Crippen LogP contribution in [0.4, 0.5) is 0 Å². The lowest BCUT2D eigenvalue weighted by atomic mass is 10.2. The van der Waals surface area contributed by atoms with Crippen molar-refractivity contribution in [2.24, 2.45) is 0 Å². The molecule has 1 N–H and O–H groups in total. The highest BCUT2D eigenvalue weighted by molar-refractivity contribution is 7.56. The Morgan fingerprint density at radius 1 is 1.12 bits per heavy atom. The van der Waals surface area contributed by atoms with Gasteiger partial charge in [0.25, 0.3) is 5.91 Å². The average Bonchev–Trinajstić information content (AvgIpc) is 2.55. The number of carbonyl (C=O) groups is 2. The molecule has 0 fully saturated rings. The number of ether oxygens (including phenoxy) is 1. The van der Waals surface area contributed by atoms with Gasteiger partial charge >= 0.3 is 13.6 Å². The molecule has 0 unspecified atom stereocenters. The third kappa shape index (κ3) is 5.14. The molecule has 0 spiro atoms. The molecule has 7 nitrogen and oxygen atoms in total. The Morgan fingerprint density at radius 2 is 1.64 bits per heavy atom. The van der Waals surface area contributed by atoms with E-state index < -0.39 is 30.9 Å². The van der Waals surface area contributed by atoms with Gasteiger partial charge in [-0.2, -0.15) is 0 Å². The fourth-order valence-corrected chi connectivity index (χ4v) is 3.86. The summed E-state index contributed by atoms with van der Waals surface area (Å²) in [6.45, 7) is 7.95. The zero-order valence-corrected chi connectivity index (χ0v) is 16.2. The van der Waals surface area contributed by atoms with Crippen molar-refractivity contribution >= 4 is 19.5 Å². The predicted molar refractivity (Wildman–Crippen MR) is 94.4 cm³/mol. The van der Waals surface area contributed by atoms with Crippen LogP contribution in [0.2, 0.25) is 0 Å². The molecule has 8 heteroatoms. The molecule has 0 aliphatic heterocycles. The molecular weight excluding hydrogens is 345 g/mol. The van der Waals surface area contributed by atoms with Gasteiger partial charge in [-0.25, -0.2) is 4.79 Å². The highest BCUT2D eigenvalue weighted by atomic mass is 31.2. The average molecular weight is 371 g/mol. The maximum atomic E-state index is 13.3. The van der Waals surface area contributed by atoms with Crippen LogP contribution in [-0.4, -0.2) is 36.5 Å². The maximum Gasteiger partial charge on any atom is 0.367 e. The molecule has 1 amide bonds. The molecule has 0 aliphatic rings. The molecule has 0 saturated heterocycles. The van der Waals surface area contributed by atoms with E-state index in [0.717, 1.165) is 0 Å². The summed E-state index contributed by atoms with van der Waals surface area (Å²) in [5.41, 5.74) is 0.311. The second kappa shape index (κ2) is 9.13. The molecule has 0 heterocycles. The number of amides is 1. The summed E-state index contributed by atoms with van der Waals surface area (Å²) in [7, 11) is -4.03. The van der Waals surface area contributed by atoms with E-state index in [1.807, 2.05) is 0 Å². The standard InChI is InChI=1S/C17H26NO6P/c1-6-22-25(21,23-7-2)17(5,16(20)24-13(3)4)18-15(19)14-11-9-8-10-12-14/h8-13H,6-7H2,1-5H3,(H,18,19)/t17-/m1/s1. The first-order chi connectivity index (χ1) is 11.7. The van der Waals surface area contributed by atoms with Gasteiger partial charge in [0.2, 0.25) is 5.28 Å². The van der Waals surface area contributed by atoms with Crippen LogP contribution in [-0.2, 0) is 23.1 Å². The summed E-state index contributed by atoms with van der Waals surface area (Å²) in [4.78, 5) is 25.2. The fraction of sp³-hybridized carbons (Fsp3) is 0.529. The number of rotatable bonds is 9. The van der Waals surface area contributed by atoms with Crippen LogP contribution in [0.15, 0.2) is 30.3 Å². The molecule has 0 bridgehead atoms. The van der Waals surface area contributed by atoms with E-state index in [-0.39, 0.29) is 13.2 Å². The van der Waals surface area contributed by atoms with Crippen molar-refractivity contribution in [2.45, 2.75) is 46.0 Å². The maximum absolute atomic E-state index is 13.3. The summed E-state index contributed by atoms with van der Waals surface area (Å²) >= 11 is 0. The van der Waals surface area contributed by atoms with E-state index in [1.54, 1.807) is 58.0 Å². The quantitative estimate of drug-likeness (QED) is 0.529.